The van der Waals surface area contributed by atoms with Crippen LogP contribution in [0.2, 0.25) is 0 Å². The number of esters is 1. The molecule has 1 heterocycles. The van der Waals surface area contributed by atoms with Crippen molar-refractivity contribution in [3.05, 3.63) is 64.6 Å². The topological polar surface area (TPSA) is 118 Å². The molecule has 0 aliphatic rings. The number of fused-ring (bicyclic) bond motifs is 1. The number of amides is 2. The van der Waals surface area contributed by atoms with Crippen LogP contribution in [0.25, 0.3) is 10.8 Å². The van der Waals surface area contributed by atoms with Gasteiger partial charge in [-0.1, -0.05) is 70.2 Å². The molecular formula is C34H47N3O5S. The number of aliphatic hydroxyl groups is 1. The molecule has 0 unspecified atom stereocenters. The van der Waals surface area contributed by atoms with Crippen LogP contribution in [0.5, 0.6) is 0 Å². The molecule has 2 aromatic carbocycles. The highest BCUT2D eigenvalue weighted by atomic mass is 32.1. The molecule has 2 amide bonds. The van der Waals surface area contributed by atoms with Gasteiger partial charge in [0.05, 0.1) is 18.4 Å². The minimum Gasteiger partial charge on any atom is -0.460 e. The lowest BCUT2D eigenvalue weighted by atomic mass is 9.91. The fourth-order valence-electron chi connectivity index (χ4n) is 5.18. The molecular weight excluding hydrogens is 562 g/mol. The van der Waals surface area contributed by atoms with Gasteiger partial charge >= 0.3 is 5.97 Å². The summed E-state index contributed by atoms with van der Waals surface area (Å²) in [5.74, 6) is -1.68. The second kappa shape index (κ2) is 15.4. The SMILES string of the molecule is CC(C)C[C@H](NC(=O)[C@@H](CC(=O)OC(C)(C)C)Cc1cccc2ccccc12)C(=O)N[C@@H](CC(C)C)[C@@H](O)c1nccs1. The van der Waals surface area contributed by atoms with Gasteiger partial charge in [0.1, 0.15) is 22.8 Å². The van der Waals surface area contributed by atoms with Crippen molar-refractivity contribution in [2.45, 2.75) is 97.9 Å². The van der Waals surface area contributed by atoms with Crippen molar-refractivity contribution in [3.8, 4) is 0 Å². The molecule has 4 atom stereocenters. The highest BCUT2D eigenvalue weighted by molar-refractivity contribution is 7.09. The molecule has 0 aliphatic heterocycles. The first kappa shape index (κ1) is 34.2. The average Bonchev–Trinajstić information content (AvgIpc) is 3.45. The lowest BCUT2D eigenvalue weighted by molar-refractivity contribution is -0.157. The van der Waals surface area contributed by atoms with Crippen LogP contribution in [0.3, 0.4) is 0 Å². The van der Waals surface area contributed by atoms with E-state index < -0.39 is 35.7 Å². The first-order valence-electron chi connectivity index (χ1n) is 15.1. The van der Waals surface area contributed by atoms with Crippen molar-refractivity contribution in [2.75, 3.05) is 0 Å². The number of aliphatic hydroxyl groups excluding tert-OH is 1. The molecule has 0 saturated carbocycles. The van der Waals surface area contributed by atoms with Gasteiger partial charge in [-0.3, -0.25) is 14.4 Å². The van der Waals surface area contributed by atoms with Crippen molar-refractivity contribution in [1.29, 1.82) is 0 Å². The zero-order valence-corrected chi connectivity index (χ0v) is 27.2. The molecule has 0 aliphatic carbocycles. The van der Waals surface area contributed by atoms with Gasteiger partial charge in [-0.2, -0.15) is 0 Å². The van der Waals surface area contributed by atoms with E-state index in [9.17, 15) is 19.5 Å². The molecule has 0 fully saturated rings. The number of aromatic nitrogens is 1. The molecule has 1 aromatic heterocycles. The lowest BCUT2D eigenvalue weighted by Gasteiger charge is -2.29. The highest BCUT2D eigenvalue weighted by Gasteiger charge is 2.33. The summed E-state index contributed by atoms with van der Waals surface area (Å²) >= 11 is 1.33. The van der Waals surface area contributed by atoms with Crippen LogP contribution in [0.4, 0.5) is 0 Å². The Hall–Kier alpha value is -3.30. The van der Waals surface area contributed by atoms with Crippen LogP contribution in [0.15, 0.2) is 54.0 Å². The number of nitrogens with zero attached hydrogens (tertiary/aromatic N) is 1. The Morgan fingerprint density at radius 2 is 1.60 bits per heavy atom. The van der Waals surface area contributed by atoms with E-state index in [1.165, 1.54) is 11.3 Å². The zero-order chi connectivity index (χ0) is 31.7. The van der Waals surface area contributed by atoms with Gasteiger partial charge in [-0.05, 0) is 68.2 Å². The van der Waals surface area contributed by atoms with Crippen molar-refractivity contribution in [2.24, 2.45) is 17.8 Å². The van der Waals surface area contributed by atoms with Crippen LogP contribution < -0.4 is 10.6 Å². The van der Waals surface area contributed by atoms with Gasteiger partial charge in [-0.15, -0.1) is 11.3 Å². The first-order valence-corrected chi connectivity index (χ1v) is 16.0. The molecule has 0 saturated heterocycles. The Morgan fingerprint density at radius 1 is 0.930 bits per heavy atom. The third-order valence-corrected chi connectivity index (χ3v) is 7.87. The summed E-state index contributed by atoms with van der Waals surface area (Å²) < 4.78 is 5.58. The molecule has 3 rings (SSSR count). The quantitative estimate of drug-likeness (QED) is 0.194. The van der Waals surface area contributed by atoms with Gasteiger partial charge in [0.25, 0.3) is 0 Å². The number of benzene rings is 2. The number of rotatable bonds is 14. The van der Waals surface area contributed by atoms with Crippen LogP contribution in [0.1, 0.15) is 84.4 Å². The van der Waals surface area contributed by atoms with Crippen LogP contribution in [0, 0.1) is 17.8 Å². The van der Waals surface area contributed by atoms with E-state index in [0.29, 0.717) is 24.3 Å². The van der Waals surface area contributed by atoms with Crippen LogP contribution in [-0.4, -0.2) is 45.6 Å². The normalized spacial score (nSPS) is 14.7. The molecule has 3 aromatic rings. The predicted octanol–water partition coefficient (Wildman–Crippen LogP) is 5.98. The Morgan fingerprint density at radius 3 is 2.23 bits per heavy atom. The Bertz CT molecular complexity index is 1340. The van der Waals surface area contributed by atoms with E-state index in [4.69, 9.17) is 4.74 Å². The Kier molecular flexibility index (Phi) is 12.3. The first-order chi connectivity index (χ1) is 20.2. The summed E-state index contributed by atoms with van der Waals surface area (Å²) in [4.78, 5) is 44.8. The van der Waals surface area contributed by atoms with E-state index in [2.05, 4.69) is 15.6 Å². The number of hydrogen-bond donors (Lipinski definition) is 3. The van der Waals surface area contributed by atoms with E-state index in [1.807, 2.05) is 70.2 Å². The summed E-state index contributed by atoms with van der Waals surface area (Å²) in [6.45, 7) is 13.4. The summed E-state index contributed by atoms with van der Waals surface area (Å²) in [6.07, 6.45) is 1.78. The minimum atomic E-state index is -0.965. The molecule has 3 N–H and O–H groups in total. The van der Waals surface area contributed by atoms with Crippen molar-refractivity contribution >= 4 is 39.9 Å². The second-order valence-corrected chi connectivity index (χ2v) is 14.0. The van der Waals surface area contributed by atoms with E-state index in [0.717, 1.165) is 16.3 Å². The summed E-state index contributed by atoms with van der Waals surface area (Å²) in [7, 11) is 0. The molecule has 0 radical (unpaired) electrons. The lowest BCUT2D eigenvalue weighted by Crippen LogP contribution is -2.53. The summed E-state index contributed by atoms with van der Waals surface area (Å²) in [5, 5.41) is 21.4. The van der Waals surface area contributed by atoms with Crippen molar-refractivity contribution in [3.63, 3.8) is 0 Å². The number of hydrogen-bond acceptors (Lipinski definition) is 7. The highest BCUT2D eigenvalue weighted by Crippen LogP contribution is 2.26. The van der Waals surface area contributed by atoms with Gasteiger partial charge in [0, 0.05) is 11.6 Å². The zero-order valence-electron chi connectivity index (χ0n) is 26.4. The maximum absolute atomic E-state index is 13.9. The molecule has 0 bridgehead atoms. The maximum Gasteiger partial charge on any atom is 0.307 e. The second-order valence-electron chi connectivity index (χ2n) is 13.1. The minimum absolute atomic E-state index is 0.103. The van der Waals surface area contributed by atoms with Crippen LogP contribution >= 0.6 is 11.3 Å². The van der Waals surface area contributed by atoms with Gasteiger partial charge in [-0.25, -0.2) is 4.98 Å². The summed E-state index contributed by atoms with van der Waals surface area (Å²) in [6, 6.07) is 12.4. The number of ether oxygens (including phenoxy) is 1. The Balaban J connectivity index is 1.86. The third-order valence-electron chi connectivity index (χ3n) is 7.03. The number of carbonyl (C=O) groups excluding carboxylic acids is 3. The van der Waals surface area contributed by atoms with Gasteiger partial charge in [0.15, 0.2) is 0 Å². The van der Waals surface area contributed by atoms with E-state index in [1.54, 1.807) is 32.3 Å². The summed E-state index contributed by atoms with van der Waals surface area (Å²) in [5.41, 5.74) is 0.247. The number of carbonyl (C=O) groups is 3. The van der Waals surface area contributed by atoms with Gasteiger partial charge < -0.3 is 20.5 Å². The van der Waals surface area contributed by atoms with Crippen LogP contribution in [-0.2, 0) is 25.5 Å². The smallest absolute Gasteiger partial charge is 0.307 e. The standard InChI is InChI=1S/C34H47N3O5S/c1-21(2)17-27(30(39)33-35-15-16-43-33)36-32(41)28(18-22(3)4)37-31(40)25(20-29(38)42-34(5,6)7)19-24-13-10-12-23-11-8-9-14-26(23)24/h8-16,21-22,25,27-28,30,39H,17-20H2,1-7H3,(H,36,41)(H,37,40)/t25-,27+,28+,30-/m1/s1. The maximum atomic E-state index is 13.9. The average molecular weight is 610 g/mol. The van der Waals surface area contributed by atoms with Crippen molar-refractivity contribution < 1.29 is 24.2 Å². The molecule has 43 heavy (non-hydrogen) atoms. The number of nitrogens with one attached hydrogen (secondary N) is 2. The fourth-order valence-corrected chi connectivity index (χ4v) is 5.87. The molecule has 9 heteroatoms. The predicted molar refractivity (Wildman–Crippen MR) is 171 cm³/mol. The molecule has 0 spiro atoms. The van der Waals surface area contributed by atoms with Gasteiger partial charge in [0.2, 0.25) is 11.8 Å². The Labute approximate surface area is 259 Å². The van der Waals surface area contributed by atoms with Crippen molar-refractivity contribution in [1.82, 2.24) is 15.6 Å². The monoisotopic (exact) mass is 609 g/mol. The fraction of sp³-hybridized carbons (Fsp3) is 0.529. The largest absolute Gasteiger partial charge is 0.460 e. The molecule has 234 valence electrons. The molecule has 8 nitrogen and oxygen atoms in total. The number of thiazole rings is 1. The third kappa shape index (κ3) is 10.7. The van der Waals surface area contributed by atoms with E-state index in [-0.39, 0.29) is 30.1 Å². The van der Waals surface area contributed by atoms with E-state index >= 15 is 0 Å².